The van der Waals surface area contributed by atoms with E-state index < -0.39 is 11.1 Å². The highest BCUT2D eigenvalue weighted by Crippen LogP contribution is 2.29. The molecule has 0 atom stereocenters. The van der Waals surface area contributed by atoms with Crippen LogP contribution in [0.1, 0.15) is 17.3 Å². The van der Waals surface area contributed by atoms with Gasteiger partial charge in [-0.15, -0.1) is 0 Å². The Morgan fingerprint density at radius 1 is 1.57 bits per heavy atom. The average molecular weight is 237 g/mol. The van der Waals surface area contributed by atoms with Gasteiger partial charge in [-0.2, -0.15) is 0 Å². The topological polar surface area (TPSA) is 26.3 Å². The van der Waals surface area contributed by atoms with Crippen molar-refractivity contribution in [1.29, 1.82) is 0 Å². The third-order valence-corrected chi connectivity index (χ3v) is 2.01. The van der Waals surface area contributed by atoms with Crippen LogP contribution in [0.2, 0.25) is 5.02 Å². The summed E-state index contributed by atoms with van der Waals surface area (Å²) in [6, 6.07) is 2.26. The molecule has 0 N–H and O–H groups in total. The largest absolute Gasteiger partial charge is 0.489 e. The smallest absolute Gasteiger partial charge is 0.252 e. The van der Waals surface area contributed by atoms with Gasteiger partial charge in [0.05, 0.1) is 11.6 Å². The van der Waals surface area contributed by atoms with Crippen LogP contribution in [0.3, 0.4) is 0 Å². The zero-order valence-electron chi connectivity index (χ0n) is 7.31. The summed E-state index contributed by atoms with van der Waals surface area (Å²) >= 11 is 10.9. The van der Waals surface area contributed by atoms with Crippen LogP contribution in [0.25, 0.3) is 0 Å². The predicted molar refractivity (Wildman–Crippen MR) is 52.8 cm³/mol. The Balaban J connectivity index is 3.18. The van der Waals surface area contributed by atoms with Crippen LogP contribution in [-0.2, 0) is 0 Å². The molecule has 0 aliphatic rings. The molecule has 0 aromatic heterocycles. The van der Waals surface area contributed by atoms with Crippen LogP contribution in [-0.4, -0.2) is 11.8 Å². The van der Waals surface area contributed by atoms with E-state index in [0.717, 1.165) is 6.07 Å². The molecule has 0 aliphatic carbocycles. The number of carbonyl (C=O) groups is 1. The van der Waals surface area contributed by atoms with E-state index in [4.69, 9.17) is 27.9 Å². The van der Waals surface area contributed by atoms with Crippen molar-refractivity contribution in [3.63, 3.8) is 0 Å². The monoisotopic (exact) mass is 236 g/mol. The first-order valence-electron chi connectivity index (χ1n) is 3.88. The molecule has 1 aromatic rings. The first kappa shape index (κ1) is 11.3. The molecule has 0 radical (unpaired) electrons. The highest BCUT2D eigenvalue weighted by atomic mass is 35.5. The van der Waals surface area contributed by atoms with Crippen molar-refractivity contribution >= 4 is 28.4 Å². The maximum Gasteiger partial charge on any atom is 0.252 e. The molecule has 5 heteroatoms. The van der Waals surface area contributed by atoms with Crippen molar-refractivity contribution in [2.24, 2.45) is 0 Å². The summed E-state index contributed by atoms with van der Waals surface area (Å²) in [7, 11) is 0. The van der Waals surface area contributed by atoms with Crippen molar-refractivity contribution < 1.29 is 13.9 Å². The Hall–Kier alpha value is -0.800. The molecular weight excluding hydrogens is 230 g/mol. The molecule has 0 fully saturated rings. The Kier molecular flexibility index (Phi) is 3.72. The molecule has 76 valence electrons. The highest BCUT2D eigenvalue weighted by molar-refractivity contribution is 6.67. The lowest BCUT2D eigenvalue weighted by atomic mass is 10.2. The van der Waals surface area contributed by atoms with Gasteiger partial charge in [-0.05, 0) is 30.7 Å². The van der Waals surface area contributed by atoms with Crippen molar-refractivity contribution in [2.45, 2.75) is 6.92 Å². The van der Waals surface area contributed by atoms with Gasteiger partial charge in [0.25, 0.3) is 5.24 Å². The van der Waals surface area contributed by atoms with Crippen LogP contribution in [0.15, 0.2) is 12.1 Å². The highest BCUT2D eigenvalue weighted by Gasteiger charge is 2.13. The number of ether oxygens (including phenoxy) is 1. The Labute approximate surface area is 90.6 Å². The Bertz CT molecular complexity index is 343. The molecule has 0 saturated carbocycles. The predicted octanol–water partition coefficient (Wildman–Crippen LogP) is 3.26. The second-order valence-corrected chi connectivity index (χ2v) is 3.23. The van der Waals surface area contributed by atoms with Gasteiger partial charge >= 0.3 is 0 Å². The third-order valence-electron chi connectivity index (χ3n) is 1.51. The van der Waals surface area contributed by atoms with E-state index in [0.29, 0.717) is 6.61 Å². The van der Waals surface area contributed by atoms with E-state index in [1.165, 1.54) is 6.07 Å². The average Bonchev–Trinajstić information content (AvgIpc) is 2.10. The van der Waals surface area contributed by atoms with E-state index in [-0.39, 0.29) is 16.3 Å². The lowest BCUT2D eigenvalue weighted by molar-refractivity contribution is 0.108. The van der Waals surface area contributed by atoms with Crippen LogP contribution < -0.4 is 4.74 Å². The quantitative estimate of drug-likeness (QED) is 0.754. The van der Waals surface area contributed by atoms with Gasteiger partial charge in [-0.25, -0.2) is 4.39 Å². The zero-order chi connectivity index (χ0) is 10.7. The molecule has 0 aliphatic heterocycles. The number of benzene rings is 1. The minimum atomic E-state index is -0.756. The van der Waals surface area contributed by atoms with Gasteiger partial charge < -0.3 is 4.74 Å². The molecular formula is C9H7Cl2FO2. The maximum atomic E-state index is 13.2. The summed E-state index contributed by atoms with van der Waals surface area (Å²) in [4.78, 5) is 10.7. The van der Waals surface area contributed by atoms with Crippen LogP contribution >= 0.6 is 23.2 Å². The number of hydrogen-bond acceptors (Lipinski definition) is 2. The summed E-state index contributed by atoms with van der Waals surface area (Å²) in [6.07, 6.45) is 0. The summed E-state index contributed by atoms with van der Waals surface area (Å²) < 4.78 is 18.2. The second-order valence-electron chi connectivity index (χ2n) is 2.48. The normalized spacial score (nSPS) is 10.0. The number of halogens is 3. The van der Waals surface area contributed by atoms with E-state index in [2.05, 4.69) is 0 Å². The van der Waals surface area contributed by atoms with Gasteiger partial charge in [0, 0.05) is 5.56 Å². The summed E-state index contributed by atoms with van der Waals surface area (Å²) in [6.45, 7) is 2.00. The third kappa shape index (κ3) is 2.36. The van der Waals surface area contributed by atoms with Crippen molar-refractivity contribution in [3.05, 3.63) is 28.5 Å². The van der Waals surface area contributed by atoms with Crippen molar-refractivity contribution in [3.8, 4) is 5.75 Å². The summed E-state index contributed by atoms with van der Waals surface area (Å²) in [5.74, 6) is -0.751. The number of carbonyl (C=O) groups excluding carboxylic acids is 1. The lowest BCUT2D eigenvalue weighted by Crippen LogP contribution is -1.98. The Morgan fingerprint density at radius 3 is 2.64 bits per heavy atom. The molecule has 1 rings (SSSR count). The number of hydrogen-bond donors (Lipinski definition) is 0. The molecule has 0 saturated heterocycles. The van der Waals surface area contributed by atoms with Gasteiger partial charge in [-0.3, -0.25) is 4.79 Å². The maximum absolute atomic E-state index is 13.2. The van der Waals surface area contributed by atoms with E-state index in [9.17, 15) is 9.18 Å². The molecule has 0 heterocycles. The van der Waals surface area contributed by atoms with Crippen molar-refractivity contribution in [1.82, 2.24) is 0 Å². The second kappa shape index (κ2) is 4.62. The minimum Gasteiger partial charge on any atom is -0.489 e. The molecule has 0 unspecified atom stereocenters. The summed E-state index contributed by atoms with van der Waals surface area (Å²) in [5.41, 5.74) is 0.0117. The standard InChI is InChI=1S/C9H7Cl2FO2/c1-2-14-8-6(10)3-5(9(11)13)4-7(8)12/h3-4H,2H2,1H3. The fourth-order valence-corrected chi connectivity index (χ4v) is 1.33. The molecule has 0 spiro atoms. The summed E-state index contributed by atoms with van der Waals surface area (Å²) in [5, 5.41) is -0.718. The fraction of sp³-hybridized carbons (Fsp3) is 0.222. The van der Waals surface area contributed by atoms with E-state index >= 15 is 0 Å². The van der Waals surface area contributed by atoms with Gasteiger partial charge in [0.2, 0.25) is 0 Å². The molecule has 1 aromatic carbocycles. The number of rotatable bonds is 3. The van der Waals surface area contributed by atoms with Crippen LogP contribution in [0.4, 0.5) is 4.39 Å². The lowest BCUT2D eigenvalue weighted by Gasteiger charge is -2.07. The van der Waals surface area contributed by atoms with Crippen LogP contribution in [0.5, 0.6) is 5.75 Å². The van der Waals surface area contributed by atoms with Gasteiger partial charge in [0.15, 0.2) is 11.6 Å². The molecule has 0 bridgehead atoms. The molecule has 2 nitrogen and oxygen atoms in total. The van der Waals surface area contributed by atoms with Crippen LogP contribution in [0, 0.1) is 5.82 Å². The Morgan fingerprint density at radius 2 is 2.21 bits per heavy atom. The van der Waals surface area contributed by atoms with Crippen molar-refractivity contribution in [2.75, 3.05) is 6.61 Å². The van der Waals surface area contributed by atoms with E-state index in [1.807, 2.05) is 0 Å². The minimum absolute atomic E-state index is 0.0117. The van der Waals surface area contributed by atoms with Gasteiger partial charge in [0.1, 0.15) is 0 Å². The molecule has 14 heavy (non-hydrogen) atoms. The zero-order valence-corrected chi connectivity index (χ0v) is 8.82. The molecule has 0 amide bonds. The first-order valence-corrected chi connectivity index (χ1v) is 4.63. The fourth-order valence-electron chi connectivity index (χ4n) is 0.956. The SMILES string of the molecule is CCOc1c(F)cc(C(=O)Cl)cc1Cl. The first-order chi connectivity index (χ1) is 6.56. The van der Waals surface area contributed by atoms with Gasteiger partial charge in [-0.1, -0.05) is 11.6 Å². The van der Waals surface area contributed by atoms with E-state index in [1.54, 1.807) is 6.92 Å².